The van der Waals surface area contributed by atoms with E-state index >= 15 is 0 Å². The lowest BCUT2D eigenvalue weighted by molar-refractivity contribution is -0.117. The van der Waals surface area contributed by atoms with Crippen LogP contribution in [0, 0.1) is 0 Å². The average Bonchev–Trinajstić information content (AvgIpc) is 2.51. The minimum atomic E-state index is 0.145. The number of halogens is 2. The van der Waals surface area contributed by atoms with Gasteiger partial charge in [0.2, 0.25) is 0 Å². The van der Waals surface area contributed by atoms with E-state index in [0.717, 1.165) is 11.1 Å². The highest BCUT2D eigenvalue weighted by atomic mass is 35.5. The number of carbonyl (C=O) groups excluding carboxylic acids is 1. The minimum Gasteiger partial charge on any atom is -0.299 e. The molecule has 1 nitrogen and oxygen atoms in total. The Labute approximate surface area is 140 Å². The van der Waals surface area contributed by atoms with Gasteiger partial charge in [0.1, 0.15) is 5.78 Å². The Kier molecular flexibility index (Phi) is 6.45. The molecule has 0 aliphatic carbocycles. The van der Waals surface area contributed by atoms with E-state index in [1.165, 1.54) is 0 Å². The van der Waals surface area contributed by atoms with E-state index in [1.54, 1.807) is 0 Å². The van der Waals surface area contributed by atoms with Crippen LogP contribution in [0.1, 0.15) is 24.0 Å². The minimum absolute atomic E-state index is 0.145. The second-order valence-electron chi connectivity index (χ2n) is 4.79. The second-order valence-corrected chi connectivity index (χ2v) is 5.61. The Bertz CT molecular complexity index is 643. The molecule has 2 aromatic carbocycles. The molecule has 0 aliphatic rings. The third-order valence-corrected chi connectivity index (χ3v) is 3.78. The van der Waals surface area contributed by atoms with E-state index in [4.69, 9.17) is 23.2 Å². The summed E-state index contributed by atoms with van der Waals surface area (Å²) in [7, 11) is 0. The molecule has 0 N–H and O–H groups in total. The molecule has 0 aromatic heterocycles. The number of ketones is 1. The number of carbonyl (C=O) groups is 1. The Morgan fingerprint density at radius 2 is 1.18 bits per heavy atom. The Hall–Kier alpha value is -1.83. The Morgan fingerprint density at radius 1 is 0.773 bits per heavy atom. The van der Waals surface area contributed by atoms with Gasteiger partial charge < -0.3 is 0 Å². The quantitative estimate of drug-likeness (QED) is 0.628. The van der Waals surface area contributed by atoms with Gasteiger partial charge in [0.25, 0.3) is 0 Å². The van der Waals surface area contributed by atoms with Crippen molar-refractivity contribution in [2.75, 3.05) is 0 Å². The molecule has 112 valence electrons. The van der Waals surface area contributed by atoms with Crippen molar-refractivity contribution in [2.45, 2.75) is 12.8 Å². The summed E-state index contributed by atoms with van der Waals surface area (Å²) in [6.45, 7) is 0. The largest absolute Gasteiger partial charge is 0.299 e. The highest BCUT2D eigenvalue weighted by Gasteiger charge is 1.98. The molecular formula is C19H16Cl2O. The normalized spacial score (nSPS) is 11.4. The fourth-order valence-corrected chi connectivity index (χ4v) is 2.34. The molecular weight excluding hydrogens is 315 g/mol. The molecule has 0 fully saturated rings. The fourth-order valence-electron chi connectivity index (χ4n) is 1.94. The number of rotatable bonds is 6. The summed E-state index contributed by atoms with van der Waals surface area (Å²) in [5.41, 5.74) is 1.84. The molecule has 0 spiro atoms. The van der Waals surface area contributed by atoms with Crippen LogP contribution < -0.4 is 0 Å². The SMILES string of the molecule is O=C(CC=Cc1ccccc1Cl)CC=Cc1ccccc1Cl. The van der Waals surface area contributed by atoms with Crippen LogP contribution in [0.4, 0.5) is 0 Å². The Balaban J connectivity index is 1.84. The fraction of sp³-hybridized carbons (Fsp3) is 0.105. The van der Waals surface area contributed by atoms with Gasteiger partial charge in [-0.05, 0) is 23.3 Å². The summed E-state index contributed by atoms with van der Waals surface area (Å²) >= 11 is 12.1. The van der Waals surface area contributed by atoms with E-state index in [1.807, 2.05) is 72.8 Å². The Morgan fingerprint density at radius 3 is 1.59 bits per heavy atom. The molecule has 0 bridgehead atoms. The number of hydrogen-bond acceptors (Lipinski definition) is 1. The first kappa shape index (κ1) is 16.5. The van der Waals surface area contributed by atoms with Crippen LogP contribution >= 0.6 is 23.2 Å². The molecule has 3 heteroatoms. The summed E-state index contributed by atoms with van der Waals surface area (Å²) in [5, 5.41) is 1.37. The average molecular weight is 331 g/mol. The predicted molar refractivity (Wildman–Crippen MR) is 95.2 cm³/mol. The molecule has 0 radical (unpaired) electrons. The standard InChI is InChI=1S/C19H16Cl2O/c20-18-13-3-1-7-15(18)9-5-11-17(22)12-6-10-16-8-2-4-14-19(16)21/h1-10,13-14H,11-12H2. The van der Waals surface area contributed by atoms with Crippen LogP contribution in [-0.2, 0) is 4.79 Å². The van der Waals surface area contributed by atoms with Crippen LogP contribution in [0.25, 0.3) is 12.2 Å². The molecule has 0 amide bonds. The summed E-state index contributed by atoms with van der Waals surface area (Å²) < 4.78 is 0. The van der Waals surface area contributed by atoms with Gasteiger partial charge in [-0.15, -0.1) is 0 Å². The first-order valence-corrected chi connectivity index (χ1v) is 7.76. The van der Waals surface area contributed by atoms with Gasteiger partial charge >= 0.3 is 0 Å². The summed E-state index contributed by atoms with van der Waals surface area (Å²) in [6, 6.07) is 15.1. The third-order valence-electron chi connectivity index (χ3n) is 3.10. The first-order valence-electron chi connectivity index (χ1n) is 7.00. The van der Waals surface area contributed by atoms with Crippen LogP contribution in [0.5, 0.6) is 0 Å². The van der Waals surface area contributed by atoms with Gasteiger partial charge in [-0.25, -0.2) is 0 Å². The van der Waals surface area contributed by atoms with Crippen molar-refractivity contribution in [2.24, 2.45) is 0 Å². The smallest absolute Gasteiger partial charge is 0.140 e. The molecule has 0 saturated carbocycles. The maximum Gasteiger partial charge on any atom is 0.140 e. The number of Topliss-reactive ketones (excluding diaryl/α,β-unsaturated/α-hetero) is 1. The number of benzene rings is 2. The van der Waals surface area contributed by atoms with Crippen molar-refractivity contribution in [3.63, 3.8) is 0 Å². The molecule has 0 unspecified atom stereocenters. The topological polar surface area (TPSA) is 17.1 Å². The zero-order chi connectivity index (χ0) is 15.8. The lowest BCUT2D eigenvalue weighted by Crippen LogP contribution is -1.92. The van der Waals surface area contributed by atoms with Gasteiger partial charge in [0.05, 0.1) is 0 Å². The second kappa shape index (κ2) is 8.57. The van der Waals surface area contributed by atoms with Crippen molar-refractivity contribution < 1.29 is 4.79 Å². The zero-order valence-electron chi connectivity index (χ0n) is 12.0. The summed E-state index contributed by atoms with van der Waals surface area (Å²) in [6.07, 6.45) is 8.20. The van der Waals surface area contributed by atoms with Gasteiger partial charge in [-0.1, -0.05) is 83.9 Å². The number of hydrogen-bond donors (Lipinski definition) is 0. The molecule has 0 saturated heterocycles. The van der Waals surface area contributed by atoms with Gasteiger partial charge in [-0.3, -0.25) is 4.79 Å². The summed E-state index contributed by atoms with van der Waals surface area (Å²) in [5.74, 6) is 0.145. The van der Waals surface area contributed by atoms with Gasteiger partial charge in [0, 0.05) is 22.9 Å². The van der Waals surface area contributed by atoms with E-state index in [-0.39, 0.29) is 5.78 Å². The van der Waals surface area contributed by atoms with Gasteiger partial charge in [-0.2, -0.15) is 0 Å². The monoisotopic (exact) mass is 330 g/mol. The van der Waals surface area contributed by atoms with Crippen molar-refractivity contribution in [3.8, 4) is 0 Å². The van der Waals surface area contributed by atoms with Crippen molar-refractivity contribution in [1.82, 2.24) is 0 Å². The van der Waals surface area contributed by atoms with Crippen LogP contribution in [0.15, 0.2) is 60.7 Å². The van der Waals surface area contributed by atoms with E-state index < -0.39 is 0 Å². The molecule has 22 heavy (non-hydrogen) atoms. The van der Waals surface area contributed by atoms with E-state index in [0.29, 0.717) is 22.9 Å². The molecule has 0 aliphatic heterocycles. The number of allylic oxidation sites excluding steroid dienone is 2. The van der Waals surface area contributed by atoms with Crippen molar-refractivity contribution >= 4 is 41.1 Å². The molecule has 0 atom stereocenters. The van der Waals surface area contributed by atoms with Gasteiger partial charge in [0.15, 0.2) is 0 Å². The lowest BCUT2D eigenvalue weighted by Gasteiger charge is -1.97. The molecule has 0 heterocycles. The third kappa shape index (κ3) is 5.18. The van der Waals surface area contributed by atoms with Crippen molar-refractivity contribution in [3.05, 3.63) is 81.9 Å². The maximum atomic E-state index is 11.8. The molecule has 2 rings (SSSR count). The predicted octanol–water partition coefficient (Wildman–Crippen LogP) is 6.07. The first-order chi connectivity index (χ1) is 10.7. The summed E-state index contributed by atoms with van der Waals surface area (Å²) in [4.78, 5) is 11.8. The van der Waals surface area contributed by atoms with Crippen LogP contribution in [-0.4, -0.2) is 5.78 Å². The highest BCUT2D eigenvalue weighted by molar-refractivity contribution is 6.32. The van der Waals surface area contributed by atoms with E-state index in [9.17, 15) is 4.79 Å². The zero-order valence-corrected chi connectivity index (χ0v) is 13.5. The van der Waals surface area contributed by atoms with Crippen molar-refractivity contribution in [1.29, 1.82) is 0 Å². The lowest BCUT2D eigenvalue weighted by atomic mass is 10.1. The molecule has 2 aromatic rings. The van der Waals surface area contributed by atoms with Crippen LogP contribution in [0.3, 0.4) is 0 Å². The maximum absolute atomic E-state index is 11.8. The van der Waals surface area contributed by atoms with E-state index in [2.05, 4.69) is 0 Å². The van der Waals surface area contributed by atoms with Crippen LogP contribution in [0.2, 0.25) is 10.0 Å². The highest BCUT2D eigenvalue weighted by Crippen LogP contribution is 2.17.